The predicted octanol–water partition coefficient (Wildman–Crippen LogP) is 3.49. The number of hydrogen-bond acceptors (Lipinski definition) is 3. The van der Waals surface area contributed by atoms with Crippen molar-refractivity contribution in [1.29, 1.82) is 0 Å². The van der Waals surface area contributed by atoms with E-state index in [1.807, 2.05) is 22.8 Å². The van der Waals surface area contributed by atoms with Crippen LogP contribution in [0.15, 0.2) is 47.2 Å². The van der Waals surface area contributed by atoms with Gasteiger partial charge in [0.15, 0.2) is 0 Å². The number of hydrogen-bond donors (Lipinski definition) is 1. The summed E-state index contributed by atoms with van der Waals surface area (Å²) in [4.78, 5) is 15.3. The minimum absolute atomic E-state index is 0.220. The monoisotopic (exact) mass is 346 g/mol. The highest BCUT2D eigenvalue weighted by molar-refractivity contribution is 9.10. The summed E-state index contributed by atoms with van der Waals surface area (Å²) in [6.45, 7) is 0. The Kier molecular flexibility index (Phi) is 3.39. The van der Waals surface area contributed by atoms with E-state index in [0.29, 0.717) is 5.52 Å². The van der Waals surface area contributed by atoms with Crippen LogP contribution < -0.4 is 4.74 Å². The van der Waals surface area contributed by atoms with Crippen LogP contribution in [0.2, 0.25) is 0 Å². The van der Waals surface area contributed by atoms with Gasteiger partial charge < -0.3 is 9.84 Å². The van der Waals surface area contributed by atoms with Gasteiger partial charge in [-0.15, -0.1) is 0 Å². The van der Waals surface area contributed by atoms with Crippen LogP contribution in [0.25, 0.3) is 16.7 Å². The summed E-state index contributed by atoms with van der Waals surface area (Å²) in [7, 11) is 1.61. The number of ether oxygens (including phenoxy) is 1. The molecule has 0 unspecified atom stereocenters. The topological polar surface area (TPSA) is 64.4 Å². The number of imidazole rings is 1. The van der Waals surface area contributed by atoms with E-state index in [4.69, 9.17) is 9.84 Å². The number of rotatable bonds is 3. The molecule has 0 amide bonds. The SMILES string of the molecule is COc1ccc(Br)c(-n2cnc3cc(C(=O)O)ccc32)c1. The van der Waals surface area contributed by atoms with E-state index in [0.717, 1.165) is 21.4 Å². The average molecular weight is 347 g/mol. The third-order valence-electron chi connectivity index (χ3n) is 3.21. The lowest BCUT2D eigenvalue weighted by Crippen LogP contribution is -1.97. The lowest BCUT2D eigenvalue weighted by Gasteiger charge is -2.09. The molecule has 0 saturated heterocycles. The molecule has 0 radical (unpaired) electrons. The molecule has 0 atom stereocenters. The van der Waals surface area contributed by atoms with Crippen molar-refractivity contribution in [3.05, 3.63) is 52.8 Å². The molecule has 0 fully saturated rings. The van der Waals surface area contributed by atoms with Crippen LogP contribution in [0.3, 0.4) is 0 Å². The summed E-state index contributed by atoms with van der Waals surface area (Å²) in [5.74, 6) is -0.230. The molecule has 0 aliphatic heterocycles. The van der Waals surface area contributed by atoms with E-state index in [1.54, 1.807) is 31.6 Å². The van der Waals surface area contributed by atoms with E-state index in [-0.39, 0.29) is 5.56 Å². The van der Waals surface area contributed by atoms with Gasteiger partial charge in [0.2, 0.25) is 0 Å². The van der Waals surface area contributed by atoms with Crippen LogP contribution >= 0.6 is 15.9 Å². The maximum Gasteiger partial charge on any atom is 0.335 e. The van der Waals surface area contributed by atoms with Gasteiger partial charge in [0.1, 0.15) is 12.1 Å². The van der Waals surface area contributed by atoms with Crippen LogP contribution in [0.1, 0.15) is 10.4 Å². The first-order valence-electron chi connectivity index (χ1n) is 6.14. The number of benzene rings is 2. The fourth-order valence-electron chi connectivity index (χ4n) is 2.14. The smallest absolute Gasteiger partial charge is 0.335 e. The van der Waals surface area contributed by atoms with Crippen molar-refractivity contribution in [2.75, 3.05) is 7.11 Å². The lowest BCUT2D eigenvalue weighted by molar-refractivity contribution is 0.0697. The zero-order valence-corrected chi connectivity index (χ0v) is 12.7. The Hall–Kier alpha value is -2.34. The summed E-state index contributed by atoms with van der Waals surface area (Å²) >= 11 is 3.51. The van der Waals surface area contributed by atoms with Crippen molar-refractivity contribution in [1.82, 2.24) is 9.55 Å². The Balaban J connectivity index is 2.19. The summed E-state index contributed by atoms with van der Waals surface area (Å²) in [6.07, 6.45) is 1.66. The molecule has 0 aliphatic rings. The summed E-state index contributed by atoms with van der Waals surface area (Å²) in [5.41, 5.74) is 2.55. The second-order valence-corrected chi connectivity index (χ2v) is 5.29. The van der Waals surface area contributed by atoms with Gasteiger partial charge in [0, 0.05) is 10.5 Å². The molecule has 3 rings (SSSR count). The van der Waals surface area contributed by atoms with Crippen LogP contribution in [0, 0.1) is 0 Å². The molecule has 6 heteroatoms. The molecule has 2 aromatic carbocycles. The Morgan fingerprint density at radius 2 is 2.10 bits per heavy atom. The number of methoxy groups -OCH3 is 1. The van der Waals surface area contributed by atoms with Crippen molar-refractivity contribution in [2.24, 2.45) is 0 Å². The minimum atomic E-state index is -0.964. The Labute approximate surface area is 128 Å². The molecule has 0 saturated carbocycles. The molecular weight excluding hydrogens is 336 g/mol. The van der Waals surface area contributed by atoms with Gasteiger partial charge in [-0.25, -0.2) is 9.78 Å². The number of halogens is 1. The van der Waals surface area contributed by atoms with E-state index >= 15 is 0 Å². The van der Waals surface area contributed by atoms with E-state index in [2.05, 4.69) is 20.9 Å². The Bertz CT molecular complexity index is 842. The van der Waals surface area contributed by atoms with Crippen molar-refractivity contribution in [2.45, 2.75) is 0 Å². The van der Waals surface area contributed by atoms with Crippen molar-refractivity contribution >= 4 is 32.9 Å². The molecule has 1 N–H and O–H groups in total. The van der Waals surface area contributed by atoms with Crippen LogP contribution in [0.4, 0.5) is 0 Å². The number of carboxylic acid groups (broad SMARTS) is 1. The van der Waals surface area contributed by atoms with Gasteiger partial charge in [-0.05, 0) is 46.3 Å². The third-order valence-corrected chi connectivity index (χ3v) is 3.88. The fourth-order valence-corrected chi connectivity index (χ4v) is 2.58. The molecule has 0 aliphatic carbocycles. The number of nitrogens with zero attached hydrogens (tertiary/aromatic N) is 2. The zero-order valence-electron chi connectivity index (χ0n) is 11.1. The second kappa shape index (κ2) is 5.21. The normalized spacial score (nSPS) is 10.8. The number of carbonyl (C=O) groups is 1. The number of aromatic nitrogens is 2. The first kappa shape index (κ1) is 13.6. The van der Waals surface area contributed by atoms with Crippen molar-refractivity contribution in [3.63, 3.8) is 0 Å². The van der Waals surface area contributed by atoms with Crippen LogP contribution in [0.5, 0.6) is 5.75 Å². The van der Waals surface area contributed by atoms with Gasteiger partial charge >= 0.3 is 5.97 Å². The van der Waals surface area contributed by atoms with Gasteiger partial charge in [-0.2, -0.15) is 0 Å². The summed E-state index contributed by atoms with van der Waals surface area (Å²) in [6, 6.07) is 10.5. The van der Waals surface area contributed by atoms with Crippen LogP contribution in [-0.4, -0.2) is 27.7 Å². The second-order valence-electron chi connectivity index (χ2n) is 4.44. The van der Waals surface area contributed by atoms with Gasteiger partial charge in [0.05, 0.1) is 29.4 Å². The molecule has 3 aromatic rings. The molecule has 0 bridgehead atoms. The third kappa shape index (κ3) is 2.38. The molecule has 1 heterocycles. The maximum atomic E-state index is 11.0. The molecule has 0 spiro atoms. The first-order chi connectivity index (χ1) is 10.1. The quantitative estimate of drug-likeness (QED) is 0.788. The average Bonchev–Trinajstić information content (AvgIpc) is 2.90. The Morgan fingerprint density at radius 1 is 1.29 bits per heavy atom. The van der Waals surface area contributed by atoms with Crippen molar-refractivity contribution in [3.8, 4) is 11.4 Å². The van der Waals surface area contributed by atoms with Gasteiger partial charge in [0.25, 0.3) is 0 Å². The van der Waals surface area contributed by atoms with Gasteiger partial charge in [-0.3, -0.25) is 4.57 Å². The standard InChI is InChI=1S/C15H11BrN2O3/c1-21-10-3-4-11(16)14(7-10)18-8-17-12-6-9(15(19)20)2-5-13(12)18/h2-8H,1H3,(H,19,20). The molecule has 5 nitrogen and oxygen atoms in total. The van der Waals surface area contributed by atoms with Crippen molar-refractivity contribution < 1.29 is 14.6 Å². The maximum absolute atomic E-state index is 11.0. The molecular formula is C15H11BrN2O3. The minimum Gasteiger partial charge on any atom is -0.497 e. The summed E-state index contributed by atoms with van der Waals surface area (Å²) < 4.78 is 8.01. The highest BCUT2D eigenvalue weighted by atomic mass is 79.9. The summed E-state index contributed by atoms with van der Waals surface area (Å²) in [5, 5.41) is 9.02. The number of aromatic carboxylic acids is 1. The number of carboxylic acids is 1. The highest BCUT2D eigenvalue weighted by Crippen LogP contribution is 2.28. The fraction of sp³-hybridized carbons (Fsp3) is 0.0667. The van der Waals surface area contributed by atoms with Crippen LogP contribution in [-0.2, 0) is 0 Å². The van der Waals surface area contributed by atoms with E-state index in [9.17, 15) is 4.79 Å². The first-order valence-corrected chi connectivity index (χ1v) is 6.94. The van der Waals surface area contributed by atoms with E-state index < -0.39 is 5.97 Å². The number of fused-ring (bicyclic) bond motifs is 1. The largest absolute Gasteiger partial charge is 0.497 e. The van der Waals surface area contributed by atoms with Gasteiger partial charge in [-0.1, -0.05) is 0 Å². The Morgan fingerprint density at radius 3 is 2.81 bits per heavy atom. The lowest BCUT2D eigenvalue weighted by atomic mass is 10.2. The molecule has 106 valence electrons. The van der Waals surface area contributed by atoms with E-state index in [1.165, 1.54) is 0 Å². The zero-order chi connectivity index (χ0) is 15.0. The molecule has 21 heavy (non-hydrogen) atoms. The highest BCUT2D eigenvalue weighted by Gasteiger charge is 2.11. The predicted molar refractivity (Wildman–Crippen MR) is 82.3 cm³/mol. The molecule has 1 aromatic heterocycles.